The zero-order valence-electron chi connectivity index (χ0n) is 14.5. The lowest BCUT2D eigenvalue weighted by Crippen LogP contribution is -2.27. The number of ether oxygens (including phenoxy) is 2. The van der Waals surface area contributed by atoms with E-state index in [1.165, 1.54) is 0 Å². The van der Waals surface area contributed by atoms with E-state index in [0.717, 1.165) is 10.9 Å². The Kier molecular flexibility index (Phi) is 4.65. The van der Waals surface area contributed by atoms with Gasteiger partial charge in [-0.1, -0.05) is 30.3 Å². The van der Waals surface area contributed by atoms with E-state index in [4.69, 9.17) is 13.9 Å². The molecule has 130 valence electrons. The maximum Gasteiger partial charge on any atom is 0.412 e. The number of rotatable bonds is 4. The van der Waals surface area contributed by atoms with Crippen LogP contribution in [0.1, 0.15) is 26.3 Å². The summed E-state index contributed by atoms with van der Waals surface area (Å²) >= 11 is 0. The third-order valence-electron chi connectivity index (χ3n) is 3.42. The van der Waals surface area contributed by atoms with E-state index in [2.05, 4.69) is 5.32 Å². The first-order chi connectivity index (χ1) is 11.9. The van der Waals surface area contributed by atoms with Gasteiger partial charge in [-0.3, -0.25) is 5.32 Å². The van der Waals surface area contributed by atoms with Crippen LogP contribution in [0.3, 0.4) is 0 Å². The highest BCUT2D eigenvalue weighted by Gasteiger charge is 2.17. The van der Waals surface area contributed by atoms with Gasteiger partial charge in [0.15, 0.2) is 0 Å². The molecule has 5 nitrogen and oxygen atoms in total. The van der Waals surface area contributed by atoms with Crippen molar-refractivity contribution in [1.29, 1.82) is 0 Å². The number of nitrogens with one attached hydrogen (secondary N) is 1. The molecule has 0 aliphatic rings. The van der Waals surface area contributed by atoms with E-state index >= 15 is 0 Å². The van der Waals surface area contributed by atoms with Gasteiger partial charge in [-0.05, 0) is 32.4 Å². The fourth-order valence-electron chi connectivity index (χ4n) is 2.39. The molecule has 2 aromatic carbocycles. The molecular formula is C20H21NO4. The van der Waals surface area contributed by atoms with Gasteiger partial charge in [0.2, 0.25) is 0 Å². The lowest BCUT2D eigenvalue weighted by molar-refractivity contribution is 0.0636. The van der Waals surface area contributed by atoms with Gasteiger partial charge in [0.25, 0.3) is 0 Å². The molecule has 5 heteroatoms. The quantitative estimate of drug-likeness (QED) is 0.695. The molecule has 0 aliphatic heterocycles. The zero-order chi connectivity index (χ0) is 17.9. The van der Waals surface area contributed by atoms with Crippen LogP contribution < -0.4 is 10.1 Å². The molecule has 0 unspecified atom stereocenters. The van der Waals surface area contributed by atoms with Crippen molar-refractivity contribution in [2.75, 3.05) is 5.32 Å². The van der Waals surface area contributed by atoms with Gasteiger partial charge < -0.3 is 13.9 Å². The minimum atomic E-state index is -0.564. The Balaban J connectivity index is 1.80. The fourth-order valence-corrected chi connectivity index (χ4v) is 2.39. The van der Waals surface area contributed by atoms with Crippen LogP contribution in [0.4, 0.5) is 10.5 Å². The molecule has 1 N–H and O–H groups in total. The van der Waals surface area contributed by atoms with Crippen LogP contribution in [-0.4, -0.2) is 11.7 Å². The summed E-state index contributed by atoms with van der Waals surface area (Å²) in [5, 5.41) is 3.57. The van der Waals surface area contributed by atoms with Gasteiger partial charge in [-0.2, -0.15) is 0 Å². The third-order valence-corrected chi connectivity index (χ3v) is 3.42. The summed E-state index contributed by atoms with van der Waals surface area (Å²) in [6, 6.07) is 15.2. The molecule has 0 atom stereocenters. The van der Waals surface area contributed by atoms with Gasteiger partial charge >= 0.3 is 6.09 Å². The minimum Gasteiger partial charge on any atom is -0.488 e. The predicted molar refractivity (Wildman–Crippen MR) is 96.8 cm³/mol. The van der Waals surface area contributed by atoms with Crippen molar-refractivity contribution in [2.24, 2.45) is 0 Å². The molecule has 0 radical (unpaired) electrons. The molecule has 0 aliphatic carbocycles. The summed E-state index contributed by atoms with van der Waals surface area (Å²) in [5.41, 5.74) is 1.69. The molecule has 3 rings (SSSR count). The summed E-state index contributed by atoms with van der Waals surface area (Å²) in [4.78, 5) is 12.0. The fraction of sp³-hybridized carbons (Fsp3) is 0.250. The molecule has 0 fully saturated rings. The van der Waals surface area contributed by atoms with Crippen molar-refractivity contribution in [3.8, 4) is 5.75 Å². The lowest BCUT2D eigenvalue weighted by atomic mass is 10.2. The Bertz CT molecular complexity index is 862. The number of furan rings is 1. The van der Waals surface area contributed by atoms with E-state index in [1.807, 2.05) is 57.2 Å². The van der Waals surface area contributed by atoms with Gasteiger partial charge in [-0.25, -0.2) is 4.79 Å². The molecular weight excluding hydrogens is 318 g/mol. The predicted octanol–water partition coefficient (Wildman–Crippen LogP) is 5.36. The minimum absolute atomic E-state index is 0.428. The topological polar surface area (TPSA) is 60.7 Å². The Morgan fingerprint density at radius 2 is 1.88 bits per heavy atom. The van der Waals surface area contributed by atoms with Crippen LogP contribution in [0.15, 0.2) is 59.2 Å². The van der Waals surface area contributed by atoms with Crippen LogP contribution in [0.25, 0.3) is 11.0 Å². The summed E-state index contributed by atoms with van der Waals surface area (Å²) in [6.45, 7) is 5.88. The summed E-state index contributed by atoms with van der Waals surface area (Å²) in [7, 11) is 0. The molecule has 1 amide bonds. The number of carbonyl (C=O) groups excluding carboxylic acids is 1. The van der Waals surface area contributed by atoms with Crippen LogP contribution in [0.5, 0.6) is 5.75 Å². The summed E-state index contributed by atoms with van der Waals surface area (Å²) in [6.07, 6.45) is 1.07. The monoisotopic (exact) mass is 339 g/mol. The normalized spacial score (nSPS) is 11.3. The molecule has 25 heavy (non-hydrogen) atoms. The molecule has 1 aromatic heterocycles. The summed E-state index contributed by atoms with van der Waals surface area (Å²) in [5.74, 6) is 0.640. The highest BCUT2D eigenvalue weighted by atomic mass is 16.6. The highest BCUT2D eigenvalue weighted by molar-refractivity contribution is 5.92. The van der Waals surface area contributed by atoms with Crippen LogP contribution in [-0.2, 0) is 11.3 Å². The number of carbonyl (C=O) groups is 1. The number of hydrogen-bond donors (Lipinski definition) is 1. The van der Waals surface area contributed by atoms with Gasteiger partial charge in [0, 0.05) is 12.1 Å². The van der Waals surface area contributed by atoms with Crippen LogP contribution >= 0.6 is 0 Å². The Morgan fingerprint density at radius 1 is 1.12 bits per heavy atom. The van der Waals surface area contributed by atoms with Gasteiger partial charge in [0.05, 0.1) is 17.3 Å². The Labute approximate surface area is 146 Å². The first-order valence-electron chi connectivity index (χ1n) is 8.09. The number of fused-ring (bicyclic) bond motifs is 1. The van der Waals surface area contributed by atoms with Crippen molar-refractivity contribution in [3.05, 3.63) is 60.4 Å². The van der Waals surface area contributed by atoms with Crippen LogP contribution in [0.2, 0.25) is 0 Å². The molecule has 0 bridgehead atoms. The van der Waals surface area contributed by atoms with E-state index in [0.29, 0.717) is 23.6 Å². The zero-order valence-corrected chi connectivity index (χ0v) is 14.5. The molecule has 0 spiro atoms. The van der Waals surface area contributed by atoms with Gasteiger partial charge in [0.1, 0.15) is 23.5 Å². The number of amides is 1. The number of benzene rings is 2. The second-order valence-corrected chi connectivity index (χ2v) is 6.71. The Hall–Kier alpha value is -2.95. The largest absolute Gasteiger partial charge is 0.488 e. The molecule has 0 saturated heterocycles. The highest BCUT2D eigenvalue weighted by Crippen LogP contribution is 2.31. The Morgan fingerprint density at radius 3 is 2.60 bits per heavy atom. The average Bonchev–Trinajstić information content (AvgIpc) is 3.00. The van der Waals surface area contributed by atoms with Crippen molar-refractivity contribution < 1.29 is 18.7 Å². The van der Waals surface area contributed by atoms with E-state index in [9.17, 15) is 4.79 Å². The number of anilines is 1. The van der Waals surface area contributed by atoms with E-state index in [-0.39, 0.29) is 0 Å². The molecule has 3 aromatic rings. The van der Waals surface area contributed by atoms with E-state index < -0.39 is 11.7 Å². The lowest BCUT2D eigenvalue weighted by Gasteiger charge is -2.20. The second kappa shape index (κ2) is 6.89. The second-order valence-electron chi connectivity index (χ2n) is 6.71. The first kappa shape index (κ1) is 16.9. The third kappa shape index (κ3) is 4.53. The maximum absolute atomic E-state index is 12.0. The summed E-state index contributed by atoms with van der Waals surface area (Å²) < 4.78 is 16.7. The SMILES string of the molecule is CC(C)(C)OC(=O)Nc1cc(OCc2ccccc2)c2ccoc2c1. The number of hydrogen-bond acceptors (Lipinski definition) is 4. The molecule has 1 heterocycles. The smallest absolute Gasteiger partial charge is 0.412 e. The van der Waals surface area contributed by atoms with Gasteiger partial charge in [-0.15, -0.1) is 0 Å². The van der Waals surface area contributed by atoms with Crippen molar-refractivity contribution in [3.63, 3.8) is 0 Å². The van der Waals surface area contributed by atoms with Crippen molar-refractivity contribution in [1.82, 2.24) is 0 Å². The van der Waals surface area contributed by atoms with Crippen molar-refractivity contribution in [2.45, 2.75) is 33.0 Å². The van der Waals surface area contributed by atoms with E-state index in [1.54, 1.807) is 18.4 Å². The first-order valence-corrected chi connectivity index (χ1v) is 8.09. The average molecular weight is 339 g/mol. The maximum atomic E-state index is 12.0. The standard InChI is InChI=1S/C20H21NO4/c1-20(2,3)25-19(22)21-15-11-17-16(9-10-23-17)18(12-15)24-13-14-7-5-4-6-8-14/h4-12H,13H2,1-3H3,(H,21,22). The van der Waals surface area contributed by atoms with Crippen LogP contribution in [0, 0.1) is 0 Å². The van der Waals surface area contributed by atoms with Crippen molar-refractivity contribution >= 4 is 22.7 Å². The molecule has 0 saturated carbocycles.